The molecule has 0 saturated carbocycles. The molecular weight excluding hydrogens is 572 g/mol. The molecule has 0 radical (unpaired) electrons. The normalized spacial score (nSPS) is 14.0. The molecule has 43 heavy (non-hydrogen) atoms. The molecule has 2 aromatic carbocycles. The number of benzene rings is 2. The van der Waals surface area contributed by atoms with Crippen LogP contribution in [0, 0.1) is 0 Å². The Morgan fingerprint density at radius 1 is 0.814 bits per heavy atom. The van der Waals surface area contributed by atoms with Gasteiger partial charge in [0.05, 0.1) is 53.7 Å². The Morgan fingerprint density at radius 3 is 1.88 bits per heavy atom. The Labute approximate surface area is 253 Å². The van der Waals surface area contributed by atoms with Crippen molar-refractivity contribution < 1.29 is 28.4 Å². The van der Waals surface area contributed by atoms with Crippen LogP contribution in [0.25, 0.3) is 33.8 Å². The number of thioether (sulfide) groups is 1. The van der Waals surface area contributed by atoms with Crippen LogP contribution in [0.1, 0.15) is 16.8 Å². The van der Waals surface area contributed by atoms with E-state index in [1.807, 2.05) is 43.6 Å². The van der Waals surface area contributed by atoms with E-state index in [9.17, 15) is 4.79 Å². The number of aromatic amines is 1. The first-order valence-electron chi connectivity index (χ1n) is 13.3. The molecule has 4 aromatic rings. The monoisotopic (exact) mass is 606 g/mol. The molecule has 2 aromatic heterocycles. The predicted molar refractivity (Wildman–Crippen MR) is 167 cm³/mol. The summed E-state index contributed by atoms with van der Waals surface area (Å²) >= 11 is 1.34. The lowest BCUT2D eigenvalue weighted by Crippen LogP contribution is -2.28. The Kier molecular flexibility index (Phi) is 8.69. The van der Waals surface area contributed by atoms with Crippen LogP contribution >= 0.6 is 11.8 Å². The summed E-state index contributed by atoms with van der Waals surface area (Å²) < 4.78 is 33.6. The summed E-state index contributed by atoms with van der Waals surface area (Å²) in [5, 5.41) is 0.858. The topological polar surface area (TPSA) is 117 Å². The Bertz CT molecular complexity index is 1740. The summed E-state index contributed by atoms with van der Waals surface area (Å²) in [5.74, 6) is 2.99. The maximum Gasteiger partial charge on any atom is 0.261 e. The van der Waals surface area contributed by atoms with Gasteiger partial charge in [0.25, 0.3) is 5.56 Å². The number of H-pyrrole nitrogens is 1. The second kappa shape index (κ2) is 12.4. The van der Waals surface area contributed by atoms with Gasteiger partial charge in [0.1, 0.15) is 0 Å². The van der Waals surface area contributed by atoms with E-state index in [2.05, 4.69) is 9.88 Å². The summed E-state index contributed by atoms with van der Waals surface area (Å²) in [5.41, 5.74) is 4.86. The zero-order valence-electron chi connectivity index (χ0n) is 25.4. The van der Waals surface area contributed by atoms with E-state index in [-0.39, 0.29) is 5.56 Å². The van der Waals surface area contributed by atoms with Gasteiger partial charge < -0.3 is 33.4 Å². The average molecular weight is 607 g/mol. The van der Waals surface area contributed by atoms with E-state index in [1.165, 1.54) is 11.8 Å². The molecule has 0 spiro atoms. The van der Waals surface area contributed by atoms with Crippen molar-refractivity contribution in [1.82, 2.24) is 19.9 Å². The van der Waals surface area contributed by atoms with Gasteiger partial charge in [-0.05, 0) is 60.3 Å². The van der Waals surface area contributed by atoms with Crippen LogP contribution in [0.3, 0.4) is 0 Å². The lowest BCUT2D eigenvalue weighted by Gasteiger charge is -2.29. The molecule has 0 aliphatic carbocycles. The number of likely N-dealkylation sites (N-methyl/N-ethyl adjacent to an activating group) is 1. The van der Waals surface area contributed by atoms with Crippen LogP contribution in [0.2, 0.25) is 0 Å². The van der Waals surface area contributed by atoms with Crippen LogP contribution in [0.4, 0.5) is 0 Å². The molecule has 0 saturated heterocycles. The zero-order valence-corrected chi connectivity index (χ0v) is 26.2. The number of nitrogens with one attached hydrogen (secondary N) is 1. The third-order valence-corrected chi connectivity index (χ3v) is 7.86. The Morgan fingerprint density at radius 2 is 1.37 bits per heavy atom. The predicted octanol–water partition coefficient (Wildman–Crippen LogP) is 4.74. The summed E-state index contributed by atoms with van der Waals surface area (Å²) in [6.45, 7) is 1.15. The summed E-state index contributed by atoms with van der Waals surface area (Å²) in [6, 6.07) is 7.46. The number of hydrogen-bond donors (Lipinski definition) is 1. The van der Waals surface area contributed by atoms with Crippen LogP contribution in [0.15, 0.2) is 34.2 Å². The fraction of sp³-hybridized carbons (Fsp3) is 0.323. The van der Waals surface area contributed by atoms with Crippen molar-refractivity contribution in [2.75, 3.05) is 62.5 Å². The third-order valence-electron chi connectivity index (χ3n) is 7.28. The van der Waals surface area contributed by atoms with Crippen LogP contribution in [0.5, 0.6) is 34.5 Å². The quantitative estimate of drug-likeness (QED) is 0.210. The summed E-state index contributed by atoms with van der Waals surface area (Å²) in [6.07, 6.45) is 3.90. The molecule has 3 heterocycles. The van der Waals surface area contributed by atoms with Crippen molar-refractivity contribution in [1.29, 1.82) is 0 Å². The minimum atomic E-state index is -0.281. The van der Waals surface area contributed by atoms with Crippen LogP contribution in [-0.2, 0) is 6.54 Å². The van der Waals surface area contributed by atoms with E-state index in [0.29, 0.717) is 74.9 Å². The minimum absolute atomic E-state index is 0.281. The second-order valence-electron chi connectivity index (χ2n) is 9.80. The van der Waals surface area contributed by atoms with Crippen molar-refractivity contribution in [2.24, 2.45) is 0 Å². The molecule has 1 aliphatic rings. The van der Waals surface area contributed by atoms with Crippen molar-refractivity contribution in [3.05, 3.63) is 51.4 Å². The molecule has 0 fully saturated rings. The highest BCUT2D eigenvalue weighted by Crippen LogP contribution is 2.45. The lowest BCUT2D eigenvalue weighted by molar-refractivity contribution is 0.324. The van der Waals surface area contributed by atoms with Gasteiger partial charge in [0, 0.05) is 24.2 Å². The van der Waals surface area contributed by atoms with Gasteiger partial charge in [-0.25, -0.2) is 9.97 Å². The molecule has 0 atom stereocenters. The number of methoxy groups -OCH3 is 6. The van der Waals surface area contributed by atoms with Crippen LogP contribution in [-0.4, -0.2) is 82.4 Å². The molecule has 226 valence electrons. The van der Waals surface area contributed by atoms with Gasteiger partial charge in [-0.1, -0.05) is 11.8 Å². The van der Waals surface area contributed by atoms with Gasteiger partial charge in [-0.15, -0.1) is 0 Å². The van der Waals surface area contributed by atoms with Crippen molar-refractivity contribution >= 4 is 34.4 Å². The van der Waals surface area contributed by atoms with Gasteiger partial charge in [-0.2, -0.15) is 0 Å². The molecule has 12 heteroatoms. The fourth-order valence-corrected chi connectivity index (χ4v) is 5.81. The number of hydrogen-bond acceptors (Lipinski definition) is 11. The number of pyridine rings is 1. The van der Waals surface area contributed by atoms with Gasteiger partial charge in [0.15, 0.2) is 33.8 Å². The number of fused-ring (bicyclic) bond motifs is 2. The first kappa shape index (κ1) is 30.1. The van der Waals surface area contributed by atoms with Crippen LogP contribution < -0.4 is 34.0 Å². The largest absolute Gasteiger partial charge is 0.493 e. The van der Waals surface area contributed by atoms with E-state index in [1.54, 1.807) is 42.7 Å². The highest BCUT2D eigenvalue weighted by molar-refractivity contribution is 7.98. The Hall–Kier alpha value is -4.42. The number of aromatic nitrogens is 3. The lowest BCUT2D eigenvalue weighted by atomic mass is 9.89. The highest BCUT2D eigenvalue weighted by atomic mass is 32.2. The maximum atomic E-state index is 13.6. The first-order valence-corrected chi connectivity index (χ1v) is 14.5. The second-order valence-corrected chi connectivity index (χ2v) is 10.6. The van der Waals surface area contributed by atoms with Gasteiger partial charge >= 0.3 is 0 Å². The molecule has 0 amide bonds. The van der Waals surface area contributed by atoms with Gasteiger partial charge in [0.2, 0.25) is 11.5 Å². The number of ether oxygens (including phenoxy) is 6. The van der Waals surface area contributed by atoms with E-state index in [4.69, 9.17) is 38.4 Å². The SMILES string of the molecule is COc1cc(/C=C2\CN(C)Cc3c2nc2nc(SC)[nH]c(=O)c2c3-c2cc(OC)c(OC)c(OC)c2)cc(OC)c1OC. The van der Waals surface area contributed by atoms with Crippen molar-refractivity contribution in [3.63, 3.8) is 0 Å². The number of rotatable bonds is 9. The molecule has 1 aliphatic heterocycles. The molecule has 0 unspecified atom stereocenters. The molecule has 11 nitrogen and oxygen atoms in total. The molecule has 0 bridgehead atoms. The third kappa shape index (κ3) is 5.43. The molecular formula is C31H34N4O7S. The summed E-state index contributed by atoms with van der Waals surface area (Å²) in [4.78, 5) is 28.4. The molecule has 5 rings (SSSR count). The summed E-state index contributed by atoms with van der Waals surface area (Å²) in [7, 11) is 11.4. The minimum Gasteiger partial charge on any atom is -0.493 e. The van der Waals surface area contributed by atoms with E-state index >= 15 is 0 Å². The van der Waals surface area contributed by atoms with Crippen molar-refractivity contribution in [3.8, 4) is 45.6 Å². The fourth-order valence-electron chi connectivity index (χ4n) is 5.44. The smallest absolute Gasteiger partial charge is 0.261 e. The maximum absolute atomic E-state index is 13.6. The van der Waals surface area contributed by atoms with E-state index < -0.39 is 0 Å². The van der Waals surface area contributed by atoms with Crippen molar-refractivity contribution in [2.45, 2.75) is 11.7 Å². The van der Waals surface area contributed by atoms with Gasteiger partial charge in [-0.3, -0.25) is 9.69 Å². The molecule has 1 N–H and O–H groups in total. The first-order chi connectivity index (χ1) is 20.8. The zero-order chi connectivity index (χ0) is 30.8. The highest BCUT2D eigenvalue weighted by Gasteiger charge is 2.29. The van der Waals surface area contributed by atoms with E-state index in [0.717, 1.165) is 22.4 Å². The Balaban J connectivity index is 1.86. The standard InChI is InChI=1S/C31H34N4O7S/c1-35-14-18(9-16-10-20(37-2)27(41-6)21(11-16)38-3)26-19(15-35)24(25-29(32-26)33-31(43-8)34-30(25)36)17-12-22(39-4)28(42-7)23(13-17)40-5/h9-13H,14-15H2,1-8H3,(H,32,33,34,36)/b18-9+. The average Bonchev–Trinajstić information content (AvgIpc) is 3.02. The number of nitrogens with zero attached hydrogens (tertiary/aromatic N) is 3.